The van der Waals surface area contributed by atoms with E-state index in [1.807, 2.05) is 24.3 Å². The summed E-state index contributed by atoms with van der Waals surface area (Å²) in [6.45, 7) is 7.23. The minimum Gasteiger partial charge on any atom is -0.481 e. The summed E-state index contributed by atoms with van der Waals surface area (Å²) in [5.41, 5.74) is 1.93. The van der Waals surface area contributed by atoms with Gasteiger partial charge in [0.15, 0.2) is 0 Å². The molecule has 0 saturated carbocycles. The van der Waals surface area contributed by atoms with E-state index in [-0.39, 0.29) is 12.3 Å². The largest absolute Gasteiger partial charge is 0.481 e. The molecule has 5 nitrogen and oxygen atoms in total. The van der Waals surface area contributed by atoms with Crippen LogP contribution in [0.3, 0.4) is 0 Å². The lowest BCUT2D eigenvalue weighted by Gasteiger charge is -2.26. The van der Waals surface area contributed by atoms with Gasteiger partial charge in [0.25, 0.3) is 0 Å². The van der Waals surface area contributed by atoms with Crippen molar-refractivity contribution in [3.63, 3.8) is 0 Å². The second-order valence-corrected chi connectivity index (χ2v) is 5.44. The van der Waals surface area contributed by atoms with E-state index in [9.17, 15) is 9.59 Å². The van der Waals surface area contributed by atoms with Gasteiger partial charge in [-0.1, -0.05) is 12.1 Å². The number of nitrogens with one attached hydrogen (secondary N) is 1. The fraction of sp³-hybridized carbons (Fsp3) is 0.500. The predicted octanol–water partition coefficient (Wildman–Crippen LogP) is 2.72. The number of rotatable bonds is 8. The molecule has 0 saturated heterocycles. The topological polar surface area (TPSA) is 69.6 Å². The Morgan fingerprint density at radius 1 is 1.24 bits per heavy atom. The molecule has 0 aromatic heterocycles. The maximum atomic E-state index is 11.0. The Kier molecular flexibility index (Phi) is 6.88. The minimum absolute atomic E-state index is 0.0831. The number of anilines is 1. The van der Waals surface area contributed by atoms with Gasteiger partial charge in [-0.2, -0.15) is 0 Å². The van der Waals surface area contributed by atoms with Gasteiger partial charge in [0, 0.05) is 31.6 Å². The van der Waals surface area contributed by atoms with E-state index in [4.69, 9.17) is 5.11 Å². The van der Waals surface area contributed by atoms with Crippen LogP contribution in [0.25, 0.3) is 0 Å². The molecule has 0 unspecified atom stereocenters. The van der Waals surface area contributed by atoms with E-state index in [0.717, 1.165) is 24.3 Å². The molecule has 0 heterocycles. The SMILES string of the molecule is CC(=O)Nc1ccc(CN(CCCC(=O)O)C(C)C)cc1. The molecule has 0 spiro atoms. The molecule has 1 aromatic carbocycles. The summed E-state index contributed by atoms with van der Waals surface area (Å²) in [6.07, 6.45) is 0.849. The molecule has 21 heavy (non-hydrogen) atoms. The minimum atomic E-state index is -0.752. The summed E-state index contributed by atoms with van der Waals surface area (Å²) in [7, 11) is 0. The van der Waals surface area contributed by atoms with Crippen LogP contribution in [0.2, 0.25) is 0 Å². The summed E-state index contributed by atoms with van der Waals surface area (Å²) in [5, 5.41) is 11.4. The number of carboxylic acids is 1. The van der Waals surface area contributed by atoms with Crippen molar-refractivity contribution in [3.05, 3.63) is 29.8 Å². The molecule has 0 atom stereocenters. The number of carboxylic acid groups (broad SMARTS) is 1. The molecular formula is C16H24N2O3. The van der Waals surface area contributed by atoms with Gasteiger partial charge in [0.2, 0.25) is 5.91 Å². The standard InChI is InChI=1S/C16H24N2O3/c1-12(2)18(10-4-5-16(20)21)11-14-6-8-15(9-7-14)17-13(3)19/h6-9,12H,4-5,10-11H2,1-3H3,(H,17,19)(H,20,21). The second-order valence-electron chi connectivity index (χ2n) is 5.44. The number of nitrogens with zero attached hydrogens (tertiary/aromatic N) is 1. The fourth-order valence-corrected chi connectivity index (χ4v) is 2.08. The lowest BCUT2D eigenvalue weighted by molar-refractivity contribution is -0.137. The van der Waals surface area contributed by atoms with Crippen molar-refractivity contribution < 1.29 is 14.7 Å². The highest BCUT2D eigenvalue weighted by atomic mass is 16.4. The van der Waals surface area contributed by atoms with Crippen LogP contribution in [0.1, 0.15) is 39.2 Å². The van der Waals surface area contributed by atoms with Crippen LogP contribution >= 0.6 is 0 Å². The molecule has 0 radical (unpaired) electrons. The highest BCUT2D eigenvalue weighted by Gasteiger charge is 2.11. The van der Waals surface area contributed by atoms with E-state index in [1.54, 1.807) is 0 Å². The molecule has 116 valence electrons. The Hall–Kier alpha value is -1.88. The first-order chi connectivity index (χ1) is 9.88. The summed E-state index contributed by atoms with van der Waals surface area (Å²) in [4.78, 5) is 23.8. The van der Waals surface area contributed by atoms with Crippen molar-refractivity contribution in [2.45, 2.75) is 46.2 Å². The molecule has 2 N–H and O–H groups in total. The van der Waals surface area contributed by atoms with E-state index >= 15 is 0 Å². The van der Waals surface area contributed by atoms with Crippen LogP contribution in [0, 0.1) is 0 Å². The lowest BCUT2D eigenvalue weighted by atomic mass is 10.1. The number of aliphatic carboxylic acids is 1. The van der Waals surface area contributed by atoms with Gasteiger partial charge in [-0.3, -0.25) is 14.5 Å². The Morgan fingerprint density at radius 2 is 1.86 bits per heavy atom. The Balaban J connectivity index is 2.58. The van der Waals surface area contributed by atoms with Crippen LogP contribution in [0.4, 0.5) is 5.69 Å². The van der Waals surface area contributed by atoms with Crippen molar-refractivity contribution in [1.82, 2.24) is 4.90 Å². The third-order valence-electron chi connectivity index (χ3n) is 3.23. The Morgan fingerprint density at radius 3 is 2.33 bits per heavy atom. The Bertz CT molecular complexity index is 469. The van der Waals surface area contributed by atoms with Crippen molar-refractivity contribution in [2.75, 3.05) is 11.9 Å². The molecule has 0 aliphatic heterocycles. The molecule has 1 aromatic rings. The molecule has 0 fully saturated rings. The number of hydrogen-bond donors (Lipinski definition) is 2. The zero-order chi connectivity index (χ0) is 15.8. The molecule has 1 amide bonds. The first kappa shape index (κ1) is 17.2. The molecule has 0 aliphatic rings. The maximum Gasteiger partial charge on any atom is 0.303 e. The molecule has 5 heteroatoms. The first-order valence-electron chi connectivity index (χ1n) is 7.21. The van der Waals surface area contributed by atoms with Crippen LogP contribution in [0.15, 0.2) is 24.3 Å². The molecule has 0 bridgehead atoms. The van der Waals surface area contributed by atoms with Crippen molar-refractivity contribution >= 4 is 17.6 Å². The van der Waals surface area contributed by atoms with Crippen molar-refractivity contribution in [3.8, 4) is 0 Å². The van der Waals surface area contributed by atoms with Gasteiger partial charge in [-0.25, -0.2) is 0 Å². The van der Waals surface area contributed by atoms with Gasteiger partial charge < -0.3 is 10.4 Å². The summed E-state index contributed by atoms with van der Waals surface area (Å²) >= 11 is 0. The highest BCUT2D eigenvalue weighted by molar-refractivity contribution is 5.88. The number of carbonyl (C=O) groups excluding carboxylic acids is 1. The van der Waals surface area contributed by atoms with Crippen LogP contribution in [0.5, 0.6) is 0 Å². The van der Waals surface area contributed by atoms with E-state index < -0.39 is 5.97 Å². The summed E-state index contributed by atoms with van der Waals surface area (Å²) < 4.78 is 0. The average molecular weight is 292 g/mol. The van der Waals surface area contributed by atoms with E-state index in [0.29, 0.717) is 12.5 Å². The monoisotopic (exact) mass is 292 g/mol. The van der Waals surface area contributed by atoms with Crippen molar-refractivity contribution in [2.24, 2.45) is 0 Å². The molecular weight excluding hydrogens is 268 g/mol. The zero-order valence-electron chi connectivity index (χ0n) is 12.9. The molecule has 1 rings (SSSR count). The predicted molar refractivity (Wildman–Crippen MR) is 83.2 cm³/mol. The van der Waals surface area contributed by atoms with Gasteiger partial charge in [0.1, 0.15) is 0 Å². The van der Waals surface area contributed by atoms with Gasteiger partial charge in [-0.05, 0) is 44.5 Å². The van der Waals surface area contributed by atoms with E-state index in [2.05, 4.69) is 24.1 Å². The van der Waals surface area contributed by atoms with Crippen molar-refractivity contribution in [1.29, 1.82) is 0 Å². The molecule has 0 aliphatic carbocycles. The smallest absolute Gasteiger partial charge is 0.303 e. The quantitative estimate of drug-likeness (QED) is 0.773. The maximum absolute atomic E-state index is 11.0. The number of hydrogen-bond acceptors (Lipinski definition) is 3. The number of carbonyl (C=O) groups is 2. The van der Waals surface area contributed by atoms with E-state index in [1.165, 1.54) is 6.92 Å². The fourth-order valence-electron chi connectivity index (χ4n) is 2.08. The van der Waals surface area contributed by atoms with Crippen LogP contribution in [-0.4, -0.2) is 34.5 Å². The van der Waals surface area contributed by atoms with Gasteiger partial charge in [-0.15, -0.1) is 0 Å². The van der Waals surface area contributed by atoms with Gasteiger partial charge >= 0.3 is 5.97 Å². The second kappa shape index (κ2) is 8.42. The number of benzene rings is 1. The lowest BCUT2D eigenvalue weighted by Crippen LogP contribution is -2.31. The van der Waals surface area contributed by atoms with Gasteiger partial charge in [0.05, 0.1) is 0 Å². The highest BCUT2D eigenvalue weighted by Crippen LogP contribution is 2.13. The van der Waals surface area contributed by atoms with Crippen LogP contribution < -0.4 is 5.32 Å². The van der Waals surface area contributed by atoms with Crippen LogP contribution in [-0.2, 0) is 16.1 Å². The Labute approximate surface area is 126 Å². The normalized spacial score (nSPS) is 10.9. The first-order valence-corrected chi connectivity index (χ1v) is 7.21. The number of amides is 1. The zero-order valence-corrected chi connectivity index (χ0v) is 12.9. The third kappa shape index (κ3) is 6.90. The summed E-state index contributed by atoms with van der Waals surface area (Å²) in [6, 6.07) is 8.09. The third-order valence-corrected chi connectivity index (χ3v) is 3.23. The average Bonchev–Trinajstić information content (AvgIpc) is 2.38. The summed E-state index contributed by atoms with van der Waals surface area (Å²) in [5.74, 6) is -0.835.